The highest BCUT2D eigenvalue weighted by molar-refractivity contribution is 7.99. The summed E-state index contributed by atoms with van der Waals surface area (Å²) in [6.07, 6.45) is 1.47. The molecule has 0 atom stereocenters. The number of nitrogens with one attached hydrogen (secondary N) is 1. The molecule has 0 saturated carbocycles. The lowest BCUT2D eigenvalue weighted by atomic mass is 9.87. The zero-order valence-corrected chi connectivity index (χ0v) is 20.5. The number of hydrogen-bond donors (Lipinski definition) is 1. The van der Waals surface area contributed by atoms with Crippen LogP contribution in [0.3, 0.4) is 0 Å². The third-order valence-electron chi connectivity index (χ3n) is 5.13. The first kappa shape index (κ1) is 23.5. The topological polar surface area (TPSA) is 85.3 Å². The van der Waals surface area contributed by atoms with Gasteiger partial charge in [0.05, 0.1) is 12.0 Å². The quantitative estimate of drug-likeness (QED) is 0.221. The monoisotopic (exact) mass is 473 g/mol. The number of hydrogen-bond acceptors (Lipinski definition) is 6. The van der Waals surface area contributed by atoms with Crippen LogP contribution < -0.4 is 5.43 Å². The van der Waals surface area contributed by atoms with Gasteiger partial charge < -0.3 is 4.42 Å². The first-order chi connectivity index (χ1) is 16.3. The highest BCUT2D eigenvalue weighted by Gasteiger charge is 2.19. The Hall–Kier alpha value is -3.65. The summed E-state index contributed by atoms with van der Waals surface area (Å²) in [5.74, 6) is 1.98. The Morgan fingerprint density at radius 3 is 2.44 bits per heavy atom. The number of carbonyl (C=O) groups excluding carboxylic acids is 1. The van der Waals surface area contributed by atoms with Crippen molar-refractivity contribution in [2.75, 3.05) is 5.75 Å². The zero-order valence-electron chi connectivity index (χ0n) is 19.6. The molecule has 8 heteroatoms. The molecule has 34 heavy (non-hydrogen) atoms. The first-order valence-corrected chi connectivity index (χ1v) is 11.9. The Kier molecular flexibility index (Phi) is 6.98. The van der Waals surface area contributed by atoms with Gasteiger partial charge in [-0.2, -0.15) is 5.10 Å². The number of nitrogens with zero attached hydrogens (tertiary/aromatic N) is 4. The van der Waals surface area contributed by atoms with Gasteiger partial charge in [0.25, 0.3) is 5.91 Å². The van der Waals surface area contributed by atoms with Crippen molar-refractivity contribution in [2.45, 2.75) is 38.3 Å². The van der Waals surface area contributed by atoms with Crippen LogP contribution in [-0.2, 0) is 10.2 Å². The molecule has 2 aromatic heterocycles. The van der Waals surface area contributed by atoms with Crippen LogP contribution in [0.4, 0.5) is 0 Å². The maximum absolute atomic E-state index is 12.3. The summed E-state index contributed by atoms with van der Waals surface area (Å²) < 4.78 is 7.37. The van der Waals surface area contributed by atoms with E-state index in [1.807, 2.05) is 47.9 Å². The van der Waals surface area contributed by atoms with Gasteiger partial charge in [-0.05, 0) is 42.2 Å². The van der Waals surface area contributed by atoms with Gasteiger partial charge >= 0.3 is 0 Å². The summed E-state index contributed by atoms with van der Waals surface area (Å²) >= 11 is 1.30. The summed E-state index contributed by atoms with van der Waals surface area (Å²) in [4.78, 5) is 12.3. The van der Waals surface area contributed by atoms with E-state index in [1.54, 1.807) is 6.07 Å². The van der Waals surface area contributed by atoms with Gasteiger partial charge in [-0.15, -0.1) is 10.2 Å². The third kappa shape index (κ3) is 5.63. The van der Waals surface area contributed by atoms with Crippen molar-refractivity contribution < 1.29 is 9.21 Å². The van der Waals surface area contributed by atoms with E-state index >= 15 is 0 Å². The molecular formula is C26H27N5O2S. The van der Waals surface area contributed by atoms with E-state index in [0.29, 0.717) is 10.9 Å². The van der Waals surface area contributed by atoms with Gasteiger partial charge in [0.2, 0.25) is 0 Å². The van der Waals surface area contributed by atoms with Crippen LogP contribution in [0.5, 0.6) is 0 Å². The van der Waals surface area contributed by atoms with E-state index in [1.165, 1.54) is 23.5 Å². The molecule has 0 saturated heterocycles. The maximum Gasteiger partial charge on any atom is 0.250 e. The normalized spacial score (nSPS) is 11.8. The Morgan fingerprint density at radius 1 is 1.06 bits per heavy atom. The van der Waals surface area contributed by atoms with Crippen LogP contribution in [0, 0.1) is 6.92 Å². The van der Waals surface area contributed by atoms with E-state index in [4.69, 9.17) is 4.42 Å². The Balaban J connectivity index is 1.53. The molecule has 7 nitrogen and oxygen atoms in total. The fourth-order valence-corrected chi connectivity index (χ4v) is 4.08. The summed E-state index contributed by atoms with van der Waals surface area (Å²) in [5, 5.41) is 13.4. The fourth-order valence-electron chi connectivity index (χ4n) is 3.33. The molecule has 0 aliphatic rings. The number of para-hydroxylation sites is 1. The van der Waals surface area contributed by atoms with Crippen molar-refractivity contribution >= 4 is 23.9 Å². The van der Waals surface area contributed by atoms with Crippen LogP contribution in [0.25, 0.3) is 17.1 Å². The Labute approximate surface area is 203 Å². The van der Waals surface area contributed by atoms with E-state index in [-0.39, 0.29) is 17.1 Å². The molecule has 4 aromatic rings. The average Bonchev–Trinajstić information content (AvgIpc) is 3.44. The number of aromatic nitrogens is 3. The second-order valence-corrected chi connectivity index (χ2v) is 9.78. The second kappa shape index (κ2) is 10.1. The molecule has 1 N–H and O–H groups in total. The summed E-state index contributed by atoms with van der Waals surface area (Å²) in [7, 11) is 0. The Morgan fingerprint density at radius 2 is 1.79 bits per heavy atom. The number of aryl methyl sites for hydroxylation is 1. The number of furan rings is 1. The van der Waals surface area contributed by atoms with E-state index in [9.17, 15) is 4.79 Å². The predicted octanol–water partition coefficient (Wildman–Crippen LogP) is 5.38. The minimum absolute atomic E-state index is 0.0677. The molecule has 0 aliphatic carbocycles. The second-order valence-electron chi connectivity index (χ2n) is 8.83. The molecule has 2 aromatic carbocycles. The fraction of sp³-hybridized carbons (Fsp3) is 0.231. The van der Waals surface area contributed by atoms with E-state index < -0.39 is 0 Å². The lowest BCUT2D eigenvalue weighted by molar-refractivity contribution is -0.118. The minimum atomic E-state index is -0.247. The molecular weight excluding hydrogens is 446 g/mol. The average molecular weight is 474 g/mol. The van der Waals surface area contributed by atoms with Gasteiger partial charge in [0, 0.05) is 11.3 Å². The molecule has 1 amide bonds. The molecule has 174 valence electrons. The molecule has 2 heterocycles. The van der Waals surface area contributed by atoms with Crippen LogP contribution >= 0.6 is 11.8 Å². The minimum Gasteiger partial charge on any atom is -0.460 e. The molecule has 0 fully saturated rings. The highest BCUT2D eigenvalue weighted by atomic mass is 32.2. The lowest BCUT2D eigenvalue weighted by Crippen LogP contribution is -2.19. The highest BCUT2D eigenvalue weighted by Crippen LogP contribution is 2.30. The van der Waals surface area contributed by atoms with Crippen molar-refractivity contribution in [2.24, 2.45) is 5.10 Å². The SMILES string of the molecule is Cc1ccc(/C=N/NC(=O)CSc2nnc(-c3ccc(C(C)(C)C)cc3)n2-c2ccccc2)o1. The smallest absolute Gasteiger partial charge is 0.250 e. The largest absolute Gasteiger partial charge is 0.460 e. The molecule has 4 rings (SSSR count). The van der Waals surface area contributed by atoms with Gasteiger partial charge in [0.1, 0.15) is 11.5 Å². The number of benzene rings is 2. The first-order valence-electron chi connectivity index (χ1n) is 10.9. The van der Waals surface area contributed by atoms with Crippen molar-refractivity contribution in [3.05, 3.63) is 83.8 Å². The molecule has 0 bridgehead atoms. The molecule has 0 spiro atoms. The lowest BCUT2D eigenvalue weighted by Gasteiger charge is -2.19. The predicted molar refractivity (Wildman–Crippen MR) is 135 cm³/mol. The van der Waals surface area contributed by atoms with E-state index in [0.717, 1.165) is 22.8 Å². The number of rotatable bonds is 7. The van der Waals surface area contributed by atoms with E-state index in [2.05, 4.69) is 65.8 Å². The van der Waals surface area contributed by atoms with Crippen molar-refractivity contribution in [1.82, 2.24) is 20.2 Å². The van der Waals surface area contributed by atoms with Crippen LogP contribution in [-0.4, -0.2) is 32.6 Å². The Bertz CT molecular complexity index is 1280. The van der Waals surface area contributed by atoms with Gasteiger partial charge in [0.15, 0.2) is 11.0 Å². The molecule has 0 aliphatic heterocycles. The number of hydrazone groups is 1. The number of carbonyl (C=O) groups is 1. The van der Waals surface area contributed by atoms with Crippen LogP contribution in [0.2, 0.25) is 0 Å². The standard InChI is InChI=1S/C26H27N5O2S/c1-18-10-15-22(33-18)16-27-28-23(32)17-34-25-30-29-24(31(25)21-8-6-5-7-9-21)19-11-13-20(14-12-19)26(2,3)4/h5-16H,17H2,1-4H3,(H,28,32)/b27-16+. The molecule has 0 radical (unpaired) electrons. The number of thioether (sulfide) groups is 1. The van der Waals surface area contributed by atoms with Gasteiger partial charge in [-0.1, -0.05) is 75.0 Å². The van der Waals surface area contributed by atoms with Crippen molar-refractivity contribution in [3.63, 3.8) is 0 Å². The summed E-state index contributed by atoms with van der Waals surface area (Å²) in [5.41, 5.74) is 5.72. The summed E-state index contributed by atoms with van der Waals surface area (Å²) in [6.45, 7) is 8.42. The maximum atomic E-state index is 12.3. The van der Waals surface area contributed by atoms with Crippen LogP contribution in [0.15, 0.2) is 81.4 Å². The summed E-state index contributed by atoms with van der Waals surface area (Å²) in [6, 6.07) is 21.9. The van der Waals surface area contributed by atoms with Crippen LogP contribution in [0.1, 0.15) is 37.9 Å². The zero-order chi connectivity index (χ0) is 24.1. The third-order valence-corrected chi connectivity index (χ3v) is 6.06. The van der Waals surface area contributed by atoms with Gasteiger partial charge in [-0.3, -0.25) is 9.36 Å². The van der Waals surface area contributed by atoms with Gasteiger partial charge in [-0.25, -0.2) is 5.43 Å². The van der Waals surface area contributed by atoms with Crippen molar-refractivity contribution in [1.29, 1.82) is 0 Å². The molecule has 0 unspecified atom stereocenters. The number of amides is 1. The van der Waals surface area contributed by atoms with Crippen molar-refractivity contribution in [3.8, 4) is 17.1 Å².